The molecule has 1 amide bonds. The van der Waals surface area contributed by atoms with Crippen LogP contribution in [-0.2, 0) is 10.0 Å². The van der Waals surface area contributed by atoms with Crippen molar-refractivity contribution in [3.05, 3.63) is 59.7 Å². The van der Waals surface area contributed by atoms with Crippen molar-refractivity contribution in [3.8, 4) is 5.75 Å². The van der Waals surface area contributed by atoms with Crippen LogP contribution >= 0.6 is 0 Å². The van der Waals surface area contributed by atoms with Crippen molar-refractivity contribution in [1.29, 1.82) is 0 Å². The van der Waals surface area contributed by atoms with Gasteiger partial charge in [-0.15, -0.1) is 0 Å². The molecule has 7 heteroatoms. The lowest BCUT2D eigenvalue weighted by atomic mass is 9.77. The summed E-state index contributed by atoms with van der Waals surface area (Å²) >= 11 is 0. The van der Waals surface area contributed by atoms with E-state index in [0.29, 0.717) is 18.7 Å². The number of amides is 1. The van der Waals surface area contributed by atoms with Gasteiger partial charge in [-0.2, -0.15) is 4.31 Å². The Morgan fingerprint density at radius 3 is 2.34 bits per heavy atom. The highest BCUT2D eigenvalue weighted by Gasteiger charge is 2.42. The molecule has 2 heterocycles. The second-order valence-corrected chi connectivity index (χ2v) is 11.2. The van der Waals surface area contributed by atoms with E-state index in [-0.39, 0.29) is 22.4 Å². The van der Waals surface area contributed by atoms with Gasteiger partial charge in [0.25, 0.3) is 5.91 Å². The third kappa shape index (κ3) is 4.04. The van der Waals surface area contributed by atoms with E-state index in [1.165, 1.54) is 10.7 Å². The summed E-state index contributed by atoms with van der Waals surface area (Å²) in [5.74, 6) is 0.667. The van der Waals surface area contributed by atoms with Crippen molar-refractivity contribution in [1.82, 2.24) is 9.62 Å². The summed E-state index contributed by atoms with van der Waals surface area (Å²) in [5.41, 5.74) is 1.26. The van der Waals surface area contributed by atoms with Crippen LogP contribution < -0.4 is 10.1 Å². The lowest BCUT2D eigenvalue weighted by Crippen LogP contribution is -2.46. The van der Waals surface area contributed by atoms with Crippen molar-refractivity contribution in [2.75, 3.05) is 13.1 Å². The number of para-hydroxylation sites is 1. The maximum absolute atomic E-state index is 13.1. The lowest BCUT2D eigenvalue weighted by molar-refractivity contribution is -0.00210. The molecule has 1 spiro atoms. The highest BCUT2D eigenvalue weighted by Crippen LogP contribution is 2.46. The van der Waals surface area contributed by atoms with Crippen LogP contribution in [0.1, 0.15) is 73.3 Å². The summed E-state index contributed by atoms with van der Waals surface area (Å²) in [6.07, 6.45) is 8.11. The minimum absolute atomic E-state index is 0.126. The van der Waals surface area contributed by atoms with E-state index in [4.69, 9.17) is 4.74 Å². The van der Waals surface area contributed by atoms with Crippen molar-refractivity contribution in [2.24, 2.45) is 0 Å². The molecule has 0 radical (unpaired) electrons. The summed E-state index contributed by atoms with van der Waals surface area (Å²) in [6, 6.07) is 14.1. The zero-order chi connectivity index (χ0) is 22.2. The van der Waals surface area contributed by atoms with E-state index in [2.05, 4.69) is 5.32 Å². The van der Waals surface area contributed by atoms with E-state index >= 15 is 0 Å². The van der Waals surface area contributed by atoms with Gasteiger partial charge in [0, 0.05) is 30.6 Å². The van der Waals surface area contributed by atoms with Gasteiger partial charge in [0.15, 0.2) is 0 Å². The first-order chi connectivity index (χ1) is 15.5. The Morgan fingerprint density at radius 2 is 1.62 bits per heavy atom. The van der Waals surface area contributed by atoms with Crippen LogP contribution in [0.3, 0.4) is 0 Å². The average molecular weight is 455 g/mol. The molecule has 6 nitrogen and oxygen atoms in total. The molecule has 1 aliphatic carbocycles. The summed E-state index contributed by atoms with van der Waals surface area (Å²) in [7, 11) is -3.48. The molecular weight excluding hydrogens is 424 g/mol. The van der Waals surface area contributed by atoms with Crippen LogP contribution in [0, 0.1) is 0 Å². The number of rotatable bonds is 4. The minimum atomic E-state index is -3.48. The number of benzene rings is 2. The largest absolute Gasteiger partial charge is 0.487 e. The van der Waals surface area contributed by atoms with Crippen molar-refractivity contribution >= 4 is 15.9 Å². The van der Waals surface area contributed by atoms with Gasteiger partial charge in [0.2, 0.25) is 10.0 Å². The van der Waals surface area contributed by atoms with E-state index in [9.17, 15) is 13.2 Å². The van der Waals surface area contributed by atoms with Gasteiger partial charge >= 0.3 is 0 Å². The molecular formula is C25H30N2O4S. The SMILES string of the molecule is O=C(N[C@H]1CC2(CCCCC2)Oc2ccccc21)c1ccc(S(=O)(=O)N2CCCC2)cc1. The van der Waals surface area contributed by atoms with Gasteiger partial charge in [-0.1, -0.05) is 24.6 Å². The standard InChI is InChI=1S/C25H30N2O4S/c28-24(19-10-12-20(13-11-19)32(29,30)27-16-6-7-17-27)26-22-18-25(14-4-1-5-15-25)31-23-9-3-2-8-21(22)23/h2-3,8-13,22H,1,4-7,14-18H2,(H,26,28)/t22-/m0/s1. The maximum atomic E-state index is 13.1. The average Bonchev–Trinajstić information content (AvgIpc) is 3.36. The molecule has 3 aliphatic rings. The molecule has 2 fully saturated rings. The Balaban J connectivity index is 1.35. The summed E-state index contributed by atoms with van der Waals surface area (Å²) in [4.78, 5) is 13.3. The molecule has 170 valence electrons. The maximum Gasteiger partial charge on any atom is 0.251 e. The third-order valence-corrected chi connectivity index (χ3v) is 9.00. The molecule has 2 aliphatic heterocycles. The molecule has 0 bridgehead atoms. The Bertz CT molecular complexity index is 1090. The van der Waals surface area contributed by atoms with Gasteiger partial charge in [-0.05, 0) is 68.9 Å². The van der Waals surface area contributed by atoms with Gasteiger partial charge in [0.1, 0.15) is 11.4 Å². The van der Waals surface area contributed by atoms with Crippen LogP contribution in [0.15, 0.2) is 53.4 Å². The molecule has 0 aromatic heterocycles. The van der Waals surface area contributed by atoms with Crippen LogP contribution in [0.4, 0.5) is 0 Å². The Labute approximate surface area is 190 Å². The van der Waals surface area contributed by atoms with Gasteiger partial charge in [-0.25, -0.2) is 8.42 Å². The van der Waals surface area contributed by atoms with Crippen LogP contribution in [-0.4, -0.2) is 37.3 Å². The smallest absolute Gasteiger partial charge is 0.251 e. The number of nitrogens with zero attached hydrogens (tertiary/aromatic N) is 1. The number of fused-ring (bicyclic) bond motifs is 1. The first-order valence-corrected chi connectivity index (χ1v) is 13.1. The normalized spacial score (nSPS) is 22.8. The number of carbonyl (C=O) groups excluding carboxylic acids is 1. The summed E-state index contributed by atoms with van der Waals surface area (Å²) < 4.78 is 33.5. The number of hydrogen-bond donors (Lipinski definition) is 1. The zero-order valence-corrected chi connectivity index (χ0v) is 19.1. The lowest BCUT2D eigenvalue weighted by Gasteiger charge is -2.44. The number of carbonyl (C=O) groups is 1. The predicted octanol–water partition coefficient (Wildman–Crippen LogP) is 4.43. The molecule has 2 aromatic carbocycles. The second-order valence-electron chi connectivity index (χ2n) is 9.25. The fourth-order valence-corrected chi connectivity index (χ4v) is 6.86. The second kappa shape index (κ2) is 8.52. The highest BCUT2D eigenvalue weighted by atomic mass is 32.2. The zero-order valence-electron chi connectivity index (χ0n) is 18.3. The van der Waals surface area contributed by atoms with Gasteiger partial charge in [0.05, 0.1) is 10.9 Å². The first-order valence-electron chi connectivity index (χ1n) is 11.7. The van der Waals surface area contributed by atoms with E-state index in [0.717, 1.165) is 56.3 Å². The molecule has 1 N–H and O–H groups in total. The summed E-state index contributed by atoms with van der Waals surface area (Å²) in [6.45, 7) is 1.13. The van der Waals surface area contributed by atoms with Gasteiger partial charge < -0.3 is 10.1 Å². The first kappa shape index (κ1) is 21.5. The molecule has 1 saturated carbocycles. The van der Waals surface area contributed by atoms with Crippen LogP contribution in [0.5, 0.6) is 5.75 Å². The number of ether oxygens (including phenoxy) is 1. The van der Waals surface area contributed by atoms with E-state index in [1.807, 2.05) is 24.3 Å². The quantitative estimate of drug-likeness (QED) is 0.742. The Kier molecular flexibility index (Phi) is 5.72. The van der Waals surface area contributed by atoms with Crippen molar-refractivity contribution < 1.29 is 17.9 Å². The summed E-state index contributed by atoms with van der Waals surface area (Å²) in [5, 5.41) is 3.20. The van der Waals surface area contributed by atoms with Gasteiger partial charge in [-0.3, -0.25) is 4.79 Å². The molecule has 32 heavy (non-hydrogen) atoms. The van der Waals surface area contributed by atoms with Crippen LogP contribution in [0.25, 0.3) is 0 Å². The Hall–Kier alpha value is -2.38. The molecule has 1 saturated heterocycles. The highest BCUT2D eigenvalue weighted by molar-refractivity contribution is 7.89. The number of hydrogen-bond acceptors (Lipinski definition) is 4. The predicted molar refractivity (Wildman–Crippen MR) is 122 cm³/mol. The topological polar surface area (TPSA) is 75.7 Å². The monoisotopic (exact) mass is 454 g/mol. The van der Waals surface area contributed by atoms with E-state index < -0.39 is 10.0 Å². The Morgan fingerprint density at radius 1 is 0.938 bits per heavy atom. The van der Waals surface area contributed by atoms with E-state index in [1.54, 1.807) is 24.3 Å². The fraction of sp³-hybridized carbons (Fsp3) is 0.480. The van der Waals surface area contributed by atoms with Crippen LogP contribution in [0.2, 0.25) is 0 Å². The molecule has 0 unspecified atom stereocenters. The third-order valence-electron chi connectivity index (χ3n) is 7.09. The van der Waals surface area contributed by atoms with Crippen molar-refractivity contribution in [2.45, 2.75) is 67.9 Å². The molecule has 2 aromatic rings. The van der Waals surface area contributed by atoms with Crippen molar-refractivity contribution in [3.63, 3.8) is 0 Å². The molecule has 1 atom stereocenters. The fourth-order valence-electron chi connectivity index (χ4n) is 5.35. The number of sulfonamides is 1. The molecule has 5 rings (SSSR count). The number of nitrogens with one attached hydrogen (secondary N) is 1. The minimum Gasteiger partial charge on any atom is -0.487 e.